The maximum atomic E-state index is 12.2. The lowest BCUT2D eigenvalue weighted by atomic mass is 10.2. The lowest BCUT2D eigenvalue weighted by Crippen LogP contribution is -2.16. The highest BCUT2D eigenvalue weighted by molar-refractivity contribution is 9.10. The molecule has 0 fully saturated rings. The van der Waals surface area contributed by atoms with E-state index in [9.17, 15) is 4.79 Å². The van der Waals surface area contributed by atoms with Gasteiger partial charge >= 0.3 is 0 Å². The summed E-state index contributed by atoms with van der Waals surface area (Å²) in [6, 6.07) is 1.82. The Morgan fingerprint density at radius 2 is 2.32 bits per heavy atom. The van der Waals surface area contributed by atoms with Crippen LogP contribution in [0.25, 0.3) is 0 Å². The predicted octanol–water partition coefficient (Wildman–Crippen LogP) is 4.10. The number of amides is 1. The Morgan fingerprint density at radius 1 is 1.58 bits per heavy atom. The summed E-state index contributed by atoms with van der Waals surface area (Å²) in [5, 5.41) is 5.48. The maximum Gasteiger partial charge on any atom is 0.274 e. The molecule has 0 atom stereocenters. The maximum absolute atomic E-state index is 12.2. The number of hydrogen-bond acceptors (Lipinski definition) is 3. The van der Waals surface area contributed by atoms with E-state index in [1.807, 2.05) is 29.1 Å². The first-order valence-electron chi connectivity index (χ1n) is 6.13. The van der Waals surface area contributed by atoms with Crippen LogP contribution in [0.3, 0.4) is 0 Å². The Kier molecular flexibility index (Phi) is 4.42. The molecule has 0 aliphatic carbocycles. The minimum Gasteiger partial charge on any atom is -0.343 e. The SMILES string of the molecule is CCn1cc(Br)cc1C(=O)Nc1nc(C(C)C)cs1. The van der Waals surface area contributed by atoms with Gasteiger partial charge in [-0.3, -0.25) is 10.1 Å². The van der Waals surface area contributed by atoms with Crippen LogP contribution in [-0.2, 0) is 6.54 Å². The van der Waals surface area contributed by atoms with Crippen LogP contribution < -0.4 is 5.32 Å². The summed E-state index contributed by atoms with van der Waals surface area (Å²) in [5.74, 6) is 0.243. The lowest BCUT2D eigenvalue weighted by Gasteiger charge is -2.05. The van der Waals surface area contributed by atoms with Crippen molar-refractivity contribution in [1.82, 2.24) is 9.55 Å². The number of hydrogen-bond donors (Lipinski definition) is 1. The van der Waals surface area contributed by atoms with Crippen molar-refractivity contribution in [1.29, 1.82) is 0 Å². The zero-order valence-corrected chi connectivity index (χ0v) is 13.5. The number of anilines is 1. The second-order valence-electron chi connectivity index (χ2n) is 4.52. The third-order valence-corrected chi connectivity index (χ3v) is 3.98. The summed E-state index contributed by atoms with van der Waals surface area (Å²) in [6.45, 7) is 6.92. The summed E-state index contributed by atoms with van der Waals surface area (Å²) in [6.07, 6.45) is 1.90. The largest absolute Gasteiger partial charge is 0.343 e. The van der Waals surface area contributed by atoms with E-state index in [0.29, 0.717) is 16.7 Å². The van der Waals surface area contributed by atoms with E-state index in [4.69, 9.17) is 0 Å². The van der Waals surface area contributed by atoms with Crippen LogP contribution in [-0.4, -0.2) is 15.5 Å². The normalized spacial score (nSPS) is 11.0. The first-order valence-corrected chi connectivity index (χ1v) is 7.81. The Hall–Kier alpha value is -1.14. The van der Waals surface area contributed by atoms with Gasteiger partial charge in [0.2, 0.25) is 0 Å². The highest BCUT2D eigenvalue weighted by Gasteiger charge is 2.14. The molecule has 0 saturated heterocycles. The van der Waals surface area contributed by atoms with Crippen molar-refractivity contribution < 1.29 is 4.79 Å². The average Bonchev–Trinajstić information content (AvgIpc) is 2.95. The van der Waals surface area contributed by atoms with Gasteiger partial charge in [-0.2, -0.15) is 0 Å². The standard InChI is InChI=1S/C13H16BrN3OS/c1-4-17-6-9(14)5-11(17)12(18)16-13-15-10(7-19-13)8(2)3/h5-8H,4H2,1-3H3,(H,15,16,18). The van der Waals surface area contributed by atoms with Gasteiger partial charge in [-0.25, -0.2) is 4.98 Å². The number of nitrogens with zero attached hydrogens (tertiary/aromatic N) is 2. The summed E-state index contributed by atoms with van der Waals surface area (Å²) in [4.78, 5) is 16.6. The number of halogens is 1. The fourth-order valence-corrected chi connectivity index (χ4v) is 3.03. The molecule has 2 aromatic rings. The van der Waals surface area contributed by atoms with E-state index in [0.717, 1.165) is 16.7 Å². The van der Waals surface area contributed by atoms with Crippen LogP contribution in [0.5, 0.6) is 0 Å². The average molecular weight is 342 g/mol. The number of aryl methyl sites for hydroxylation is 1. The van der Waals surface area contributed by atoms with Crippen molar-refractivity contribution in [3.8, 4) is 0 Å². The fourth-order valence-electron chi connectivity index (χ4n) is 1.70. The first kappa shape index (κ1) is 14.3. The molecule has 2 heterocycles. The number of nitrogens with one attached hydrogen (secondary N) is 1. The summed E-state index contributed by atoms with van der Waals surface area (Å²) in [5.41, 5.74) is 1.64. The molecule has 6 heteroatoms. The highest BCUT2D eigenvalue weighted by atomic mass is 79.9. The third kappa shape index (κ3) is 3.25. The van der Waals surface area contributed by atoms with Gasteiger partial charge in [0, 0.05) is 22.6 Å². The predicted molar refractivity (Wildman–Crippen MR) is 82.0 cm³/mol. The minimum atomic E-state index is -0.128. The molecule has 102 valence electrons. The first-order chi connectivity index (χ1) is 9.01. The Balaban J connectivity index is 2.15. The fraction of sp³-hybridized carbons (Fsp3) is 0.385. The number of thiazole rings is 1. The molecule has 0 radical (unpaired) electrons. The van der Waals surface area contributed by atoms with E-state index < -0.39 is 0 Å². The van der Waals surface area contributed by atoms with Crippen molar-refractivity contribution in [3.05, 3.63) is 33.5 Å². The minimum absolute atomic E-state index is 0.128. The van der Waals surface area contributed by atoms with Gasteiger partial charge in [0.15, 0.2) is 5.13 Å². The molecule has 0 aliphatic heterocycles. The summed E-state index contributed by atoms with van der Waals surface area (Å²) < 4.78 is 2.80. The van der Waals surface area contributed by atoms with Gasteiger partial charge in [0.1, 0.15) is 5.69 Å². The molecule has 0 aliphatic rings. The molecule has 0 aromatic carbocycles. The molecular formula is C13H16BrN3OS. The molecule has 0 saturated carbocycles. The monoisotopic (exact) mass is 341 g/mol. The zero-order chi connectivity index (χ0) is 14.0. The van der Waals surface area contributed by atoms with Crippen molar-refractivity contribution in [3.63, 3.8) is 0 Å². The van der Waals surface area contributed by atoms with E-state index in [-0.39, 0.29) is 5.91 Å². The molecule has 2 rings (SSSR count). The van der Waals surface area contributed by atoms with Crippen LogP contribution in [0.4, 0.5) is 5.13 Å². The van der Waals surface area contributed by atoms with Gasteiger partial charge in [0.25, 0.3) is 5.91 Å². The molecule has 1 N–H and O–H groups in total. The topological polar surface area (TPSA) is 46.9 Å². The molecule has 19 heavy (non-hydrogen) atoms. The molecule has 1 amide bonds. The van der Waals surface area contributed by atoms with Crippen LogP contribution in [0.1, 0.15) is 42.9 Å². The van der Waals surface area contributed by atoms with Crippen LogP contribution in [0.2, 0.25) is 0 Å². The molecule has 0 unspecified atom stereocenters. The quantitative estimate of drug-likeness (QED) is 0.909. The van der Waals surface area contributed by atoms with Crippen LogP contribution in [0, 0.1) is 0 Å². The molecule has 2 aromatic heterocycles. The Morgan fingerprint density at radius 3 is 2.89 bits per heavy atom. The number of carbonyl (C=O) groups is 1. The van der Waals surface area contributed by atoms with Gasteiger partial charge in [-0.1, -0.05) is 13.8 Å². The second kappa shape index (κ2) is 5.88. The smallest absolute Gasteiger partial charge is 0.274 e. The van der Waals surface area contributed by atoms with Gasteiger partial charge in [0.05, 0.1) is 5.69 Å². The second-order valence-corrected chi connectivity index (χ2v) is 6.29. The molecule has 0 spiro atoms. The van der Waals surface area contributed by atoms with Gasteiger partial charge < -0.3 is 4.57 Å². The van der Waals surface area contributed by atoms with Crippen LogP contribution in [0.15, 0.2) is 22.1 Å². The van der Waals surface area contributed by atoms with E-state index in [2.05, 4.69) is 40.1 Å². The highest BCUT2D eigenvalue weighted by Crippen LogP contribution is 2.22. The zero-order valence-electron chi connectivity index (χ0n) is 11.1. The van der Waals surface area contributed by atoms with Gasteiger partial charge in [-0.05, 0) is 34.8 Å². The Bertz CT molecular complexity index is 588. The lowest BCUT2D eigenvalue weighted by molar-refractivity contribution is 0.101. The van der Waals surface area contributed by atoms with E-state index in [1.165, 1.54) is 11.3 Å². The van der Waals surface area contributed by atoms with Crippen molar-refractivity contribution in [2.24, 2.45) is 0 Å². The van der Waals surface area contributed by atoms with Crippen molar-refractivity contribution in [2.75, 3.05) is 5.32 Å². The van der Waals surface area contributed by atoms with Crippen LogP contribution >= 0.6 is 27.3 Å². The number of rotatable bonds is 4. The molecular weight excluding hydrogens is 326 g/mol. The summed E-state index contributed by atoms with van der Waals surface area (Å²) >= 11 is 4.84. The summed E-state index contributed by atoms with van der Waals surface area (Å²) in [7, 11) is 0. The number of carbonyl (C=O) groups excluding carboxylic acids is 1. The van der Waals surface area contributed by atoms with E-state index >= 15 is 0 Å². The van der Waals surface area contributed by atoms with Gasteiger partial charge in [-0.15, -0.1) is 11.3 Å². The van der Waals surface area contributed by atoms with Crippen molar-refractivity contribution >= 4 is 38.3 Å². The molecule has 4 nitrogen and oxygen atoms in total. The Labute approximate surface area is 125 Å². The third-order valence-electron chi connectivity index (χ3n) is 2.77. The van der Waals surface area contributed by atoms with E-state index in [1.54, 1.807) is 0 Å². The molecule has 0 bridgehead atoms. The number of aromatic nitrogens is 2. The van der Waals surface area contributed by atoms with Crippen molar-refractivity contribution in [2.45, 2.75) is 33.2 Å².